The molecule has 57 heavy (non-hydrogen) atoms. The first kappa shape index (κ1) is 40.2. The van der Waals surface area contributed by atoms with Crippen molar-refractivity contribution in [3.8, 4) is 11.1 Å². The van der Waals surface area contributed by atoms with Crippen molar-refractivity contribution in [1.82, 2.24) is 20.3 Å². The summed E-state index contributed by atoms with van der Waals surface area (Å²) in [6.45, 7) is 12.4. The van der Waals surface area contributed by atoms with E-state index in [4.69, 9.17) is 14.2 Å². The van der Waals surface area contributed by atoms with Crippen LogP contribution in [0.15, 0.2) is 72.4 Å². The first-order valence-corrected chi connectivity index (χ1v) is 19.0. The number of benzene rings is 2. The average molecular weight is 791 g/mol. The van der Waals surface area contributed by atoms with Gasteiger partial charge in [0.1, 0.15) is 16.9 Å². The monoisotopic (exact) mass is 790 g/mol. The van der Waals surface area contributed by atoms with Crippen LogP contribution in [0.5, 0.6) is 0 Å². The van der Waals surface area contributed by atoms with E-state index in [9.17, 15) is 24.0 Å². The van der Waals surface area contributed by atoms with Crippen LogP contribution in [0.2, 0.25) is 0 Å². The summed E-state index contributed by atoms with van der Waals surface area (Å²) in [7, 11) is 1.21. The molecule has 0 aliphatic rings. The number of aromatic nitrogens is 3. The van der Waals surface area contributed by atoms with E-state index in [-0.39, 0.29) is 28.3 Å². The van der Waals surface area contributed by atoms with Gasteiger partial charge in [-0.05, 0) is 119 Å². The van der Waals surface area contributed by atoms with Crippen LogP contribution in [-0.2, 0) is 14.2 Å². The van der Waals surface area contributed by atoms with E-state index in [1.807, 2.05) is 18.4 Å². The number of anilines is 2. The lowest BCUT2D eigenvalue weighted by molar-refractivity contribution is 0.0428. The Morgan fingerprint density at radius 1 is 0.789 bits per heavy atom. The van der Waals surface area contributed by atoms with Crippen LogP contribution in [0.3, 0.4) is 0 Å². The molecule has 0 unspecified atom stereocenters. The zero-order valence-corrected chi connectivity index (χ0v) is 33.6. The van der Waals surface area contributed by atoms with E-state index in [1.165, 1.54) is 30.7 Å². The molecule has 2 N–H and O–H groups in total. The molecule has 15 heteroatoms. The fraction of sp³-hybridized carbons (Fsp3) is 0.286. The van der Waals surface area contributed by atoms with Crippen LogP contribution in [0.1, 0.15) is 86.2 Å². The number of hydrogen-bond acceptors (Lipinski definition) is 12. The number of fused-ring (bicyclic) bond motifs is 4. The van der Waals surface area contributed by atoms with Gasteiger partial charge in [0, 0.05) is 56.6 Å². The molecule has 0 bridgehead atoms. The minimum atomic E-state index is -0.970. The highest BCUT2D eigenvalue weighted by atomic mass is 32.1. The molecule has 0 fully saturated rings. The van der Waals surface area contributed by atoms with Gasteiger partial charge in [-0.1, -0.05) is 6.92 Å². The van der Waals surface area contributed by atoms with Gasteiger partial charge >= 0.3 is 18.2 Å². The largest absolute Gasteiger partial charge is 0.464 e. The van der Waals surface area contributed by atoms with Crippen LogP contribution in [0, 0.1) is 0 Å². The van der Waals surface area contributed by atoms with E-state index in [0.717, 1.165) is 20.4 Å². The summed E-state index contributed by atoms with van der Waals surface area (Å²) in [5, 5.41) is 10.2. The van der Waals surface area contributed by atoms with Crippen molar-refractivity contribution in [1.29, 1.82) is 0 Å². The third-order valence-corrected chi connectivity index (χ3v) is 9.32. The first-order valence-electron chi connectivity index (χ1n) is 18.1. The van der Waals surface area contributed by atoms with E-state index < -0.39 is 41.2 Å². The Bertz CT molecular complexity index is 2540. The van der Waals surface area contributed by atoms with Gasteiger partial charge in [-0.25, -0.2) is 24.4 Å². The Balaban J connectivity index is 1.44. The number of methoxy groups -OCH3 is 1. The highest BCUT2D eigenvalue weighted by molar-refractivity contribution is 7.18. The van der Waals surface area contributed by atoms with Crippen molar-refractivity contribution < 1.29 is 38.2 Å². The van der Waals surface area contributed by atoms with Crippen LogP contribution in [-0.4, -0.2) is 69.8 Å². The number of ether oxygens (including phenoxy) is 3. The molecule has 0 aliphatic heterocycles. The fourth-order valence-corrected chi connectivity index (χ4v) is 6.83. The number of carbonyl (C=O) groups excluding carboxylic acids is 5. The van der Waals surface area contributed by atoms with E-state index in [2.05, 4.69) is 25.6 Å². The third-order valence-electron chi connectivity index (χ3n) is 8.36. The van der Waals surface area contributed by atoms with E-state index in [1.54, 1.807) is 90.2 Å². The number of pyridine rings is 3. The van der Waals surface area contributed by atoms with Crippen LogP contribution in [0.25, 0.3) is 42.9 Å². The number of esters is 1. The zero-order chi connectivity index (χ0) is 41.2. The van der Waals surface area contributed by atoms with Crippen molar-refractivity contribution in [3.63, 3.8) is 0 Å². The van der Waals surface area contributed by atoms with Crippen LogP contribution < -0.4 is 15.5 Å². The quantitative estimate of drug-likeness (QED) is 0.111. The normalized spacial score (nSPS) is 11.6. The number of nitrogens with one attached hydrogen (secondary N) is 2. The fourth-order valence-electron chi connectivity index (χ4n) is 5.93. The Morgan fingerprint density at radius 3 is 2.18 bits per heavy atom. The van der Waals surface area contributed by atoms with Crippen LogP contribution in [0.4, 0.5) is 21.1 Å². The lowest BCUT2D eigenvalue weighted by atomic mass is 9.94. The summed E-state index contributed by atoms with van der Waals surface area (Å²) in [5.41, 5.74) is -0.270. The number of hydrogen-bond donors (Lipinski definition) is 2. The molecule has 4 amide bonds. The van der Waals surface area contributed by atoms with Crippen molar-refractivity contribution in [3.05, 3.63) is 89.3 Å². The minimum absolute atomic E-state index is 0.0136. The summed E-state index contributed by atoms with van der Waals surface area (Å²) in [6, 6.07) is 15.0. The van der Waals surface area contributed by atoms with Gasteiger partial charge in [-0.15, -0.1) is 11.3 Å². The number of imide groups is 1. The molecule has 14 nitrogen and oxygen atoms in total. The average Bonchev–Trinajstić information content (AvgIpc) is 3.64. The number of rotatable bonds is 8. The molecule has 0 atom stereocenters. The third kappa shape index (κ3) is 8.83. The topological polar surface area (TPSA) is 179 Å². The lowest BCUT2D eigenvalue weighted by Crippen LogP contribution is -2.44. The summed E-state index contributed by atoms with van der Waals surface area (Å²) in [6.07, 6.45) is 1.94. The van der Waals surface area contributed by atoms with Crippen molar-refractivity contribution in [2.75, 3.05) is 23.9 Å². The highest BCUT2D eigenvalue weighted by Crippen LogP contribution is 2.36. The molecule has 0 saturated carbocycles. The van der Waals surface area contributed by atoms with E-state index >= 15 is 0 Å². The second kappa shape index (κ2) is 15.9. The van der Waals surface area contributed by atoms with Gasteiger partial charge in [0.05, 0.1) is 12.6 Å². The standard InChI is InChI=1S/C42H42N6O8S/c1-9-16-44-37(50)31-13-12-27(33(47-31)38(51)54-8)28-21-32-30(34-24(22-45-32)15-18-57-34)20-29(28)36(49)46-25-10-11-26-23(19-25)14-17-43-35(26)48(39(52)55-41(2,3)4)40(53)56-42(5,6)7/h10-15,17-22H,9,16H2,1-8H3,(H,44,50)(H,46,49). The summed E-state index contributed by atoms with van der Waals surface area (Å²) in [5.74, 6) is -1.80. The molecule has 0 radical (unpaired) electrons. The molecule has 6 aromatic rings. The Morgan fingerprint density at radius 2 is 1.51 bits per heavy atom. The van der Waals surface area contributed by atoms with Gasteiger partial charge < -0.3 is 24.8 Å². The highest BCUT2D eigenvalue weighted by Gasteiger charge is 2.35. The van der Waals surface area contributed by atoms with Gasteiger partial charge in [0.2, 0.25) is 0 Å². The summed E-state index contributed by atoms with van der Waals surface area (Å²) in [4.78, 5) is 81.5. The smallest absolute Gasteiger partial charge is 0.425 e. The maximum absolute atomic E-state index is 14.5. The first-order chi connectivity index (χ1) is 27.0. The predicted octanol–water partition coefficient (Wildman–Crippen LogP) is 8.92. The number of carbonyl (C=O) groups is 5. The minimum Gasteiger partial charge on any atom is -0.464 e. The second-order valence-electron chi connectivity index (χ2n) is 15.0. The molecule has 0 aliphatic carbocycles. The lowest BCUT2D eigenvalue weighted by Gasteiger charge is -2.28. The van der Waals surface area contributed by atoms with Crippen LogP contribution >= 0.6 is 11.3 Å². The second-order valence-corrected chi connectivity index (χ2v) is 16.0. The summed E-state index contributed by atoms with van der Waals surface area (Å²) < 4.78 is 17.1. The maximum Gasteiger partial charge on any atom is 0.425 e. The molecule has 294 valence electrons. The number of amides is 4. The molecule has 0 spiro atoms. The molecular weight excluding hydrogens is 749 g/mol. The van der Waals surface area contributed by atoms with Crippen molar-refractivity contribution in [2.24, 2.45) is 0 Å². The molecule has 2 aromatic carbocycles. The number of nitrogens with zero attached hydrogens (tertiary/aromatic N) is 4. The van der Waals surface area contributed by atoms with Gasteiger partial charge in [-0.3, -0.25) is 14.6 Å². The SMILES string of the molecule is CCCNC(=O)c1ccc(-c2cc3ncc4ccsc4c3cc2C(=O)Nc2ccc3c(N(C(=O)OC(C)(C)C)C(=O)OC(C)(C)C)nccc3c2)c(C(=O)OC)n1. The molecule has 4 aromatic heterocycles. The van der Waals surface area contributed by atoms with Gasteiger partial charge in [0.15, 0.2) is 11.5 Å². The van der Waals surface area contributed by atoms with Gasteiger partial charge in [0.25, 0.3) is 11.8 Å². The Kier molecular flexibility index (Phi) is 11.2. The number of thiophene rings is 1. The predicted molar refractivity (Wildman–Crippen MR) is 219 cm³/mol. The van der Waals surface area contributed by atoms with Gasteiger partial charge in [-0.2, -0.15) is 4.90 Å². The Hall–Kier alpha value is -6.48. The summed E-state index contributed by atoms with van der Waals surface area (Å²) >= 11 is 1.50. The molecular formula is C42H42N6O8S. The van der Waals surface area contributed by atoms with Crippen molar-refractivity contribution in [2.45, 2.75) is 66.1 Å². The Labute approximate surface area is 332 Å². The van der Waals surface area contributed by atoms with Crippen molar-refractivity contribution >= 4 is 84.6 Å². The van der Waals surface area contributed by atoms with E-state index in [0.29, 0.717) is 40.5 Å². The zero-order valence-electron chi connectivity index (χ0n) is 32.8. The molecule has 4 heterocycles. The molecule has 6 rings (SSSR count). The maximum atomic E-state index is 14.5. The molecule has 0 saturated heterocycles.